The number of alkyl halides is 1. The number of hydrogen-bond donors (Lipinski definition) is 2. The number of unbranched alkanes of at least 4 members (excludes halogenated alkanes) is 9. The first kappa shape index (κ1) is 38.6. The number of aryl methyl sites for hydroxylation is 1. The Morgan fingerprint density at radius 3 is 2.14 bits per heavy atom. The third-order valence-corrected chi connectivity index (χ3v) is 9.40. The Bertz CT molecular complexity index is 1010. The van der Waals surface area contributed by atoms with Crippen LogP contribution in [-0.4, -0.2) is 56.7 Å². The van der Waals surface area contributed by atoms with Crippen LogP contribution in [-0.2, 0) is 25.8 Å². The van der Waals surface area contributed by atoms with Gasteiger partial charge in [0.2, 0.25) is 5.91 Å². The van der Waals surface area contributed by atoms with Crippen molar-refractivity contribution in [1.29, 1.82) is 0 Å². The average molecular weight is 626 g/mol. The van der Waals surface area contributed by atoms with E-state index in [-0.39, 0.29) is 17.9 Å². The number of benzene rings is 1. The minimum absolute atomic E-state index is 0.223. The summed E-state index contributed by atoms with van der Waals surface area (Å²) in [5.41, 5.74) is 1.12. The van der Waals surface area contributed by atoms with Crippen LogP contribution < -0.4 is 10.1 Å². The fraction of sp³-hybridized carbons (Fsp3) is 0.706. The van der Waals surface area contributed by atoms with E-state index >= 15 is 0 Å². The van der Waals surface area contributed by atoms with E-state index in [0.29, 0.717) is 32.4 Å². The van der Waals surface area contributed by atoms with Crippen LogP contribution in [0.2, 0.25) is 0 Å². The largest absolute Gasteiger partial charge is 0.494 e. The molecule has 1 amide bonds. The smallest absolute Gasteiger partial charge is 0.307 e. The topological polar surface area (TPSA) is 110 Å². The summed E-state index contributed by atoms with van der Waals surface area (Å²) in [5.74, 6) is -2.34. The van der Waals surface area contributed by atoms with Gasteiger partial charge in [-0.05, 0) is 69.1 Å². The lowest BCUT2D eigenvalue weighted by molar-refractivity contribution is -0.146. The molecule has 1 rings (SSSR count). The minimum Gasteiger partial charge on any atom is -0.494 e. The third kappa shape index (κ3) is 18.8. The standard InChI is InChI=1S/C34H56FNO6S/c1-3-5-7-11-14-27-43(40,41)28-15-12-9-8-10-13-18-31(32(23-24-35)34(38)39)33(37)36-25-16-17-29-19-21-30(22-20-29)42-26-6-4-2/h13,18-22,31-32H,3-12,14-17,23-28H2,1-2H3,(H,36,37)(H,38,39)/b18-13+/t31-,32+/m0/s1. The van der Waals surface area contributed by atoms with Crippen molar-refractivity contribution in [2.75, 3.05) is 31.3 Å². The fourth-order valence-corrected chi connectivity index (χ4v) is 6.39. The van der Waals surface area contributed by atoms with Crippen molar-refractivity contribution in [2.24, 2.45) is 11.8 Å². The molecular weight excluding hydrogens is 569 g/mol. The number of sulfone groups is 1. The number of hydrogen-bond acceptors (Lipinski definition) is 5. The van der Waals surface area contributed by atoms with Gasteiger partial charge in [0.25, 0.3) is 0 Å². The van der Waals surface area contributed by atoms with E-state index in [1.807, 2.05) is 24.3 Å². The SMILES string of the molecule is CCCCCCCS(=O)(=O)CCCCCC/C=C/[C@H](C(=O)NCCCc1ccc(OCCCC)cc1)[C@@H](CCF)C(=O)O. The zero-order valence-electron chi connectivity index (χ0n) is 26.5. The van der Waals surface area contributed by atoms with Crippen molar-refractivity contribution in [3.8, 4) is 5.75 Å². The summed E-state index contributed by atoms with van der Waals surface area (Å²) in [6.45, 7) is 4.53. The molecule has 246 valence electrons. The van der Waals surface area contributed by atoms with Crippen LogP contribution in [0.15, 0.2) is 36.4 Å². The monoisotopic (exact) mass is 625 g/mol. The zero-order valence-corrected chi connectivity index (χ0v) is 27.4. The van der Waals surface area contributed by atoms with Gasteiger partial charge in [0.15, 0.2) is 0 Å². The van der Waals surface area contributed by atoms with Crippen LogP contribution in [0.25, 0.3) is 0 Å². The molecule has 2 N–H and O–H groups in total. The van der Waals surface area contributed by atoms with Crippen LogP contribution in [0.5, 0.6) is 5.75 Å². The van der Waals surface area contributed by atoms with E-state index in [2.05, 4.69) is 19.2 Å². The summed E-state index contributed by atoms with van der Waals surface area (Å²) in [4.78, 5) is 24.8. The molecule has 0 aliphatic heterocycles. The second-order valence-electron chi connectivity index (χ2n) is 11.4. The molecule has 1 aromatic rings. The highest BCUT2D eigenvalue weighted by Gasteiger charge is 2.31. The minimum atomic E-state index is -2.99. The molecule has 0 heterocycles. The molecule has 0 unspecified atom stereocenters. The van der Waals surface area contributed by atoms with E-state index in [9.17, 15) is 27.5 Å². The molecule has 0 saturated heterocycles. The van der Waals surface area contributed by atoms with Gasteiger partial charge in [-0.1, -0.05) is 83.1 Å². The van der Waals surface area contributed by atoms with Gasteiger partial charge in [0, 0.05) is 6.54 Å². The maximum Gasteiger partial charge on any atom is 0.307 e. The normalized spacial score (nSPS) is 13.2. The second-order valence-corrected chi connectivity index (χ2v) is 13.7. The number of ether oxygens (including phenoxy) is 1. The highest BCUT2D eigenvalue weighted by molar-refractivity contribution is 7.91. The Morgan fingerprint density at radius 1 is 0.907 bits per heavy atom. The molecule has 0 bridgehead atoms. The Labute approximate surface area is 260 Å². The summed E-state index contributed by atoms with van der Waals surface area (Å²) in [7, 11) is -2.99. The Kier molecular flexibility index (Phi) is 21.5. The van der Waals surface area contributed by atoms with E-state index in [1.54, 1.807) is 12.2 Å². The number of carbonyl (C=O) groups is 2. The maximum atomic E-state index is 13.1. The van der Waals surface area contributed by atoms with Crippen LogP contribution in [0.1, 0.15) is 109 Å². The van der Waals surface area contributed by atoms with Crippen LogP contribution in [0.3, 0.4) is 0 Å². The lowest BCUT2D eigenvalue weighted by Crippen LogP contribution is -2.38. The number of carboxylic acids is 1. The van der Waals surface area contributed by atoms with E-state index in [1.165, 1.54) is 0 Å². The maximum absolute atomic E-state index is 13.1. The summed E-state index contributed by atoms with van der Waals surface area (Å²) in [6.07, 6.45) is 15.6. The van der Waals surface area contributed by atoms with Crippen LogP contribution in [0.4, 0.5) is 4.39 Å². The predicted octanol–water partition coefficient (Wildman–Crippen LogP) is 7.48. The summed E-state index contributed by atoms with van der Waals surface area (Å²) < 4.78 is 43.2. The molecule has 1 aromatic carbocycles. The van der Waals surface area contributed by atoms with Crippen molar-refractivity contribution in [3.05, 3.63) is 42.0 Å². The Balaban J connectivity index is 2.45. The zero-order chi connectivity index (χ0) is 31.8. The lowest BCUT2D eigenvalue weighted by Gasteiger charge is -2.20. The molecule has 0 aliphatic carbocycles. The lowest BCUT2D eigenvalue weighted by atomic mass is 9.88. The van der Waals surface area contributed by atoms with Crippen LogP contribution >= 0.6 is 0 Å². The van der Waals surface area contributed by atoms with Crippen molar-refractivity contribution in [2.45, 2.75) is 110 Å². The molecule has 0 aromatic heterocycles. The Morgan fingerprint density at radius 2 is 1.53 bits per heavy atom. The van der Waals surface area contributed by atoms with Crippen molar-refractivity contribution in [3.63, 3.8) is 0 Å². The van der Waals surface area contributed by atoms with E-state index in [4.69, 9.17) is 4.74 Å². The van der Waals surface area contributed by atoms with Gasteiger partial charge in [0.1, 0.15) is 15.6 Å². The van der Waals surface area contributed by atoms with Crippen LogP contribution in [0, 0.1) is 11.8 Å². The molecule has 0 fully saturated rings. The molecule has 43 heavy (non-hydrogen) atoms. The fourth-order valence-electron chi connectivity index (χ4n) is 4.90. The first-order valence-corrected chi connectivity index (χ1v) is 18.2. The highest BCUT2D eigenvalue weighted by Crippen LogP contribution is 2.20. The first-order chi connectivity index (χ1) is 20.7. The van der Waals surface area contributed by atoms with Gasteiger partial charge >= 0.3 is 5.97 Å². The molecule has 7 nitrogen and oxygen atoms in total. The van der Waals surface area contributed by atoms with Gasteiger partial charge < -0.3 is 15.2 Å². The quantitative estimate of drug-likeness (QED) is 0.0775. The van der Waals surface area contributed by atoms with Gasteiger partial charge in [-0.25, -0.2) is 8.42 Å². The van der Waals surface area contributed by atoms with E-state index < -0.39 is 40.2 Å². The predicted molar refractivity (Wildman–Crippen MR) is 173 cm³/mol. The van der Waals surface area contributed by atoms with E-state index in [0.717, 1.165) is 81.9 Å². The molecule has 9 heteroatoms. The third-order valence-electron chi connectivity index (χ3n) is 7.58. The number of amides is 1. The molecule has 0 aliphatic rings. The number of halogens is 1. The van der Waals surface area contributed by atoms with Crippen molar-refractivity contribution < 1.29 is 32.2 Å². The number of allylic oxidation sites excluding steroid dienone is 1. The summed E-state index contributed by atoms with van der Waals surface area (Å²) >= 11 is 0. The van der Waals surface area contributed by atoms with Gasteiger partial charge in [-0.15, -0.1) is 0 Å². The highest BCUT2D eigenvalue weighted by atomic mass is 32.2. The summed E-state index contributed by atoms with van der Waals surface area (Å²) in [6, 6.07) is 7.89. The average Bonchev–Trinajstić information content (AvgIpc) is 2.98. The molecule has 0 saturated carbocycles. The molecule has 2 atom stereocenters. The number of carboxylic acid groups (broad SMARTS) is 1. The van der Waals surface area contributed by atoms with Gasteiger partial charge in [-0.2, -0.15) is 0 Å². The second kappa shape index (κ2) is 24.0. The Hall–Kier alpha value is -2.42. The number of nitrogens with one attached hydrogen (secondary N) is 1. The molecule has 0 radical (unpaired) electrons. The molecule has 0 spiro atoms. The van der Waals surface area contributed by atoms with Gasteiger partial charge in [0.05, 0.1) is 36.6 Å². The number of carbonyl (C=O) groups excluding carboxylic acids is 1. The number of rotatable bonds is 27. The first-order valence-electron chi connectivity index (χ1n) is 16.4. The molecular formula is C34H56FNO6S. The van der Waals surface area contributed by atoms with Gasteiger partial charge in [-0.3, -0.25) is 14.0 Å². The van der Waals surface area contributed by atoms with Crippen molar-refractivity contribution >= 4 is 21.7 Å². The number of aliphatic carboxylic acids is 1. The summed E-state index contributed by atoms with van der Waals surface area (Å²) in [5, 5.41) is 12.5. The van der Waals surface area contributed by atoms with Crippen molar-refractivity contribution in [1.82, 2.24) is 5.32 Å².